The number of aromatic nitrogens is 2. The minimum Gasteiger partial charge on any atom is -0.489 e. The Bertz CT molecular complexity index is 1080. The van der Waals surface area contributed by atoms with Gasteiger partial charge in [-0.25, -0.2) is 14.4 Å². The van der Waals surface area contributed by atoms with Gasteiger partial charge in [0.15, 0.2) is 6.29 Å². The second kappa shape index (κ2) is 11.4. The van der Waals surface area contributed by atoms with Crippen molar-refractivity contribution in [2.75, 3.05) is 57.2 Å². The van der Waals surface area contributed by atoms with E-state index < -0.39 is 13.0 Å². The Balaban J connectivity index is 1.71. The summed E-state index contributed by atoms with van der Waals surface area (Å²) >= 11 is 0. The van der Waals surface area contributed by atoms with E-state index in [0.717, 1.165) is 6.54 Å². The molecule has 0 bridgehead atoms. The molecule has 180 valence electrons. The SMILES string of the molecule is CN1CCN(Cc2ccc(N(C)C(O)Nc3cc(OCCF)c(C#N)cn3)nc2C=O)C(=O)C1. The van der Waals surface area contributed by atoms with Crippen molar-refractivity contribution < 1.29 is 23.8 Å². The molecule has 1 unspecified atom stereocenters. The molecule has 1 amide bonds. The van der Waals surface area contributed by atoms with Crippen LogP contribution in [0.3, 0.4) is 0 Å². The third-order valence-electron chi connectivity index (χ3n) is 5.31. The van der Waals surface area contributed by atoms with E-state index in [1.807, 2.05) is 18.0 Å². The van der Waals surface area contributed by atoms with Gasteiger partial charge in [0.1, 0.15) is 48.0 Å². The van der Waals surface area contributed by atoms with Crippen LogP contribution in [0.5, 0.6) is 5.75 Å². The minimum atomic E-state index is -1.30. The number of aliphatic hydroxyl groups is 1. The second-order valence-corrected chi connectivity index (χ2v) is 7.73. The zero-order chi connectivity index (χ0) is 24.7. The largest absolute Gasteiger partial charge is 0.489 e. The van der Waals surface area contributed by atoms with Crippen LogP contribution in [-0.4, -0.2) is 90.4 Å². The highest BCUT2D eigenvalue weighted by molar-refractivity contribution is 5.80. The van der Waals surface area contributed by atoms with Crippen molar-refractivity contribution in [2.45, 2.75) is 12.9 Å². The van der Waals surface area contributed by atoms with Crippen molar-refractivity contribution in [3.63, 3.8) is 0 Å². The van der Waals surface area contributed by atoms with Crippen LogP contribution < -0.4 is 15.0 Å². The summed E-state index contributed by atoms with van der Waals surface area (Å²) < 4.78 is 17.6. The van der Waals surface area contributed by atoms with Gasteiger partial charge in [-0.2, -0.15) is 5.26 Å². The van der Waals surface area contributed by atoms with Gasteiger partial charge in [-0.1, -0.05) is 6.07 Å². The van der Waals surface area contributed by atoms with E-state index in [1.165, 1.54) is 17.2 Å². The fourth-order valence-corrected chi connectivity index (χ4v) is 3.35. The van der Waals surface area contributed by atoms with Crippen LogP contribution in [-0.2, 0) is 11.3 Å². The van der Waals surface area contributed by atoms with Crippen molar-refractivity contribution in [2.24, 2.45) is 0 Å². The van der Waals surface area contributed by atoms with E-state index in [-0.39, 0.29) is 41.9 Å². The average molecular weight is 471 g/mol. The fourth-order valence-electron chi connectivity index (χ4n) is 3.35. The van der Waals surface area contributed by atoms with Crippen LogP contribution in [0.15, 0.2) is 24.4 Å². The highest BCUT2D eigenvalue weighted by Gasteiger charge is 2.23. The van der Waals surface area contributed by atoms with E-state index in [0.29, 0.717) is 30.8 Å². The van der Waals surface area contributed by atoms with Crippen molar-refractivity contribution in [3.8, 4) is 11.8 Å². The van der Waals surface area contributed by atoms with E-state index in [2.05, 4.69) is 15.3 Å². The first-order valence-corrected chi connectivity index (χ1v) is 10.5. The Morgan fingerprint density at radius 2 is 2.24 bits per heavy atom. The quantitative estimate of drug-likeness (QED) is 0.375. The van der Waals surface area contributed by atoms with Gasteiger partial charge >= 0.3 is 0 Å². The molecule has 34 heavy (non-hydrogen) atoms. The molecular formula is C22H26FN7O4. The standard InChI is InChI=1S/C22H26FN7O4/c1-28-6-7-30(21(32)13-28)12-15-3-4-20(26-17(15)14-31)29(2)22(33)27-19-9-18(34-8-5-23)16(10-24)11-25-19/h3-4,9,11,14,22,33H,5-8,12-13H2,1-2H3,(H,25,27). The van der Waals surface area contributed by atoms with E-state index in [4.69, 9.17) is 10.00 Å². The average Bonchev–Trinajstić information content (AvgIpc) is 2.84. The van der Waals surface area contributed by atoms with Gasteiger partial charge in [0.25, 0.3) is 0 Å². The molecule has 1 aliphatic heterocycles. The van der Waals surface area contributed by atoms with E-state index >= 15 is 0 Å². The number of hydrogen-bond acceptors (Lipinski definition) is 10. The molecule has 0 aliphatic carbocycles. The second-order valence-electron chi connectivity index (χ2n) is 7.73. The number of ether oxygens (including phenoxy) is 1. The topological polar surface area (TPSA) is 135 Å². The van der Waals surface area contributed by atoms with Crippen LogP contribution in [0.1, 0.15) is 21.6 Å². The summed E-state index contributed by atoms with van der Waals surface area (Å²) in [5.41, 5.74) is 0.908. The van der Waals surface area contributed by atoms with Crippen molar-refractivity contribution in [3.05, 3.63) is 41.2 Å². The molecule has 1 atom stereocenters. The number of aliphatic hydroxyl groups excluding tert-OH is 1. The maximum Gasteiger partial charge on any atom is 0.237 e. The number of nitrogens with zero attached hydrogens (tertiary/aromatic N) is 6. The van der Waals surface area contributed by atoms with Gasteiger partial charge in [-0.05, 0) is 13.1 Å². The lowest BCUT2D eigenvalue weighted by Crippen LogP contribution is -2.48. The first kappa shape index (κ1) is 24.8. The van der Waals surface area contributed by atoms with Crippen LogP contribution in [0.25, 0.3) is 0 Å². The number of amides is 1. The zero-order valence-corrected chi connectivity index (χ0v) is 18.9. The predicted octanol–water partition coefficient (Wildman–Crippen LogP) is 0.607. The van der Waals surface area contributed by atoms with Crippen LogP contribution >= 0.6 is 0 Å². The number of carbonyl (C=O) groups is 2. The van der Waals surface area contributed by atoms with Crippen LogP contribution in [0.4, 0.5) is 16.0 Å². The molecule has 2 N–H and O–H groups in total. The number of nitriles is 1. The number of anilines is 2. The molecule has 12 heteroatoms. The number of rotatable bonds is 10. The molecule has 1 fully saturated rings. The summed E-state index contributed by atoms with van der Waals surface area (Å²) in [6, 6.07) is 6.62. The first-order valence-electron chi connectivity index (χ1n) is 10.5. The lowest BCUT2D eigenvalue weighted by molar-refractivity contribution is -0.136. The molecule has 3 rings (SSSR count). The Hall–Kier alpha value is -3.82. The number of piperazine rings is 1. The van der Waals surface area contributed by atoms with Crippen LogP contribution in [0.2, 0.25) is 0 Å². The molecule has 3 heterocycles. The van der Waals surface area contributed by atoms with E-state index in [1.54, 1.807) is 24.1 Å². The highest BCUT2D eigenvalue weighted by atomic mass is 19.1. The molecule has 2 aromatic heterocycles. The predicted molar refractivity (Wildman–Crippen MR) is 121 cm³/mol. The Morgan fingerprint density at radius 3 is 2.91 bits per heavy atom. The van der Waals surface area contributed by atoms with Gasteiger partial charge < -0.3 is 25.0 Å². The Kier molecular flexibility index (Phi) is 8.29. The molecular weight excluding hydrogens is 445 g/mol. The Labute approximate surface area is 196 Å². The molecule has 0 radical (unpaired) electrons. The molecule has 2 aromatic rings. The highest BCUT2D eigenvalue weighted by Crippen LogP contribution is 2.22. The number of halogens is 1. The molecule has 0 aromatic carbocycles. The third-order valence-corrected chi connectivity index (χ3v) is 5.31. The fraction of sp³-hybridized carbons (Fsp3) is 0.409. The molecule has 0 saturated carbocycles. The molecule has 1 saturated heterocycles. The van der Waals surface area contributed by atoms with Gasteiger partial charge in [0, 0.05) is 38.3 Å². The van der Waals surface area contributed by atoms with Gasteiger partial charge in [0.05, 0.1) is 12.7 Å². The maximum atomic E-state index is 12.4. The summed E-state index contributed by atoms with van der Waals surface area (Å²) in [5.74, 6) is 0.610. The summed E-state index contributed by atoms with van der Waals surface area (Å²) in [4.78, 5) is 37.3. The Morgan fingerprint density at radius 1 is 1.44 bits per heavy atom. The number of nitrogens with one attached hydrogen (secondary N) is 1. The minimum absolute atomic E-state index is 0.0174. The first-order chi connectivity index (χ1) is 16.4. The lowest BCUT2D eigenvalue weighted by Gasteiger charge is -2.32. The smallest absolute Gasteiger partial charge is 0.237 e. The molecule has 1 aliphatic rings. The molecule has 11 nitrogen and oxygen atoms in total. The number of aldehydes is 1. The van der Waals surface area contributed by atoms with Crippen molar-refractivity contribution in [1.82, 2.24) is 19.8 Å². The lowest BCUT2D eigenvalue weighted by atomic mass is 10.1. The van der Waals surface area contributed by atoms with Gasteiger partial charge in [0.2, 0.25) is 12.3 Å². The normalized spacial score (nSPS) is 14.9. The number of pyridine rings is 2. The van der Waals surface area contributed by atoms with E-state index in [9.17, 15) is 19.1 Å². The summed E-state index contributed by atoms with van der Waals surface area (Å²) in [5, 5.41) is 22.5. The number of carbonyl (C=O) groups excluding carboxylic acids is 2. The monoisotopic (exact) mass is 471 g/mol. The van der Waals surface area contributed by atoms with Crippen LogP contribution in [0, 0.1) is 11.3 Å². The number of likely N-dealkylation sites (N-methyl/N-ethyl adjacent to an activating group) is 1. The summed E-state index contributed by atoms with van der Waals surface area (Å²) in [6.45, 7) is 0.975. The maximum absolute atomic E-state index is 12.4. The van der Waals surface area contributed by atoms with Crippen molar-refractivity contribution >= 4 is 23.8 Å². The third kappa shape index (κ3) is 5.94. The number of alkyl halides is 1. The van der Waals surface area contributed by atoms with Gasteiger partial charge in [-0.15, -0.1) is 0 Å². The van der Waals surface area contributed by atoms with Crippen molar-refractivity contribution in [1.29, 1.82) is 5.26 Å². The summed E-state index contributed by atoms with van der Waals surface area (Å²) in [6.07, 6.45) is 0.565. The zero-order valence-electron chi connectivity index (χ0n) is 18.9. The number of hydrogen-bond donors (Lipinski definition) is 2. The summed E-state index contributed by atoms with van der Waals surface area (Å²) in [7, 11) is 3.44. The van der Waals surface area contributed by atoms with Gasteiger partial charge in [-0.3, -0.25) is 14.5 Å². The molecule has 0 spiro atoms.